The lowest BCUT2D eigenvalue weighted by Gasteiger charge is -2.11. The lowest BCUT2D eigenvalue weighted by atomic mass is 10.2. The van der Waals surface area contributed by atoms with Gasteiger partial charge in [0.25, 0.3) is 9.04 Å². The van der Waals surface area contributed by atoms with E-state index >= 15 is 0 Å². The molecule has 18 heavy (non-hydrogen) atoms. The lowest BCUT2D eigenvalue weighted by Crippen LogP contribution is -2.11. The molecule has 0 amide bonds. The van der Waals surface area contributed by atoms with E-state index in [4.69, 9.17) is 4.43 Å². The Morgan fingerprint density at radius 3 is 2.78 bits per heavy atom. The Hall–Kier alpha value is -1.39. The molecule has 1 radical (unpaired) electrons. The molecule has 0 unspecified atom stereocenters. The van der Waals surface area contributed by atoms with Crippen LogP contribution in [0.25, 0.3) is 0 Å². The first-order valence-electron chi connectivity index (χ1n) is 5.81. The quantitative estimate of drug-likeness (QED) is 0.597. The van der Waals surface area contributed by atoms with Gasteiger partial charge >= 0.3 is 0 Å². The zero-order chi connectivity index (χ0) is 13.0. The molecule has 2 rings (SSSR count). The summed E-state index contributed by atoms with van der Waals surface area (Å²) in [6, 6.07) is 10.2. The Balaban J connectivity index is 2.27. The third-order valence-corrected chi connectivity index (χ3v) is 3.74. The fourth-order valence-corrected chi connectivity index (χ4v) is 2.73. The Bertz CT molecular complexity index is 535. The molecule has 0 bridgehead atoms. The Morgan fingerprint density at radius 2 is 2.11 bits per heavy atom. The number of nitrogens with zero attached hydrogens (tertiary/aromatic N) is 1. The monoisotopic (exact) mass is 274 g/mol. The number of aliphatic imine (C=N–C) groups is 1. The molecule has 0 saturated heterocycles. The smallest absolute Gasteiger partial charge is 0.274 e. The molecule has 0 spiro atoms. The highest BCUT2D eigenvalue weighted by molar-refractivity contribution is 7.11. The molecule has 1 aromatic carbocycles. The van der Waals surface area contributed by atoms with Gasteiger partial charge in [-0.3, -0.25) is 4.99 Å². The van der Waals surface area contributed by atoms with Crippen molar-refractivity contribution in [2.75, 3.05) is 0 Å². The van der Waals surface area contributed by atoms with Crippen molar-refractivity contribution in [2.24, 2.45) is 4.99 Å². The molecule has 0 N–H and O–H groups in total. The Labute approximate surface area is 114 Å². The fourth-order valence-electron chi connectivity index (χ4n) is 1.53. The van der Waals surface area contributed by atoms with E-state index < -0.39 is 9.04 Å². The number of hydrogen-bond acceptors (Lipinski definition) is 3. The first kappa shape index (κ1) is 13.0. The second-order valence-electron chi connectivity index (χ2n) is 4.26. The Morgan fingerprint density at radius 1 is 1.28 bits per heavy atom. The number of rotatable bonds is 4. The van der Waals surface area contributed by atoms with Crippen LogP contribution in [0.1, 0.15) is 10.4 Å². The number of hydrogen-bond donors (Lipinski definition) is 0. The molecule has 4 heteroatoms. The highest BCUT2D eigenvalue weighted by Gasteiger charge is 2.06. The van der Waals surface area contributed by atoms with E-state index in [0.29, 0.717) is 0 Å². The topological polar surface area (TPSA) is 21.6 Å². The molecule has 1 heterocycles. The lowest BCUT2D eigenvalue weighted by molar-refractivity contribution is 0.582. The van der Waals surface area contributed by atoms with Crippen LogP contribution in [0.4, 0.5) is 5.69 Å². The first-order chi connectivity index (χ1) is 8.65. The van der Waals surface area contributed by atoms with Crippen molar-refractivity contribution in [1.29, 1.82) is 0 Å². The van der Waals surface area contributed by atoms with Crippen LogP contribution < -0.4 is 4.43 Å². The summed E-state index contributed by atoms with van der Waals surface area (Å²) in [6.45, 7) is 6.31. The number of aryl methyl sites for hydroxylation is 1. The average Bonchev–Trinajstić information content (AvgIpc) is 2.82. The van der Waals surface area contributed by atoms with E-state index in [1.54, 1.807) is 11.3 Å². The zero-order valence-corrected chi connectivity index (χ0v) is 12.6. The normalized spacial score (nSPS) is 11.3. The average molecular weight is 274 g/mol. The predicted octanol–water partition coefficient (Wildman–Crippen LogP) is 4.44. The third-order valence-electron chi connectivity index (χ3n) is 2.30. The standard InChI is InChI=1S/C14H16NOSSi/c1-11-6-7-14(16-18(2)3)13(9-11)15-10-12-5-4-8-17-12/h4-10H,1-3H3. The molecule has 93 valence electrons. The maximum atomic E-state index is 5.86. The minimum Gasteiger partial charge on any atom is -0.541 e. The van der Waals surface area contributed by atoms with Crippen molar-refractivity contribution >= 4 is 32.3 Å². The van der Waals surface area contributed by atoms with Gasteiger partial charge in [-0.1, -0.05) is 12.1 Å². The van der Waals surface area contributed by atoms with E-state index in [1.165, 1.54) is 5.56 Å². The van der Waals surface area contributed by atoms with E-state index in [-0.39, 0.29) is 0 Å². The van der Waals surface area contributed by atoms with Gasteiger partial charge < -0.3 is 4.43 Å². The van der Waals surface area contributed by atoms with Crippen LogP contribution in [0.2, 0.25) is 13.1 Å². The minimum absolute atomic E-state index is 0.764. The number of benzene rings is 1. The molecule has 0 fully saturated rings. The summed E-state index contributed by atoms with van der Waals surface area (Å²) in [4.78, 5) is 5.69. The molecule has 2 aromatic rings. The van der Waals surface area contributed by atoms with Crippen molar-refractivity contribution in [3.05, 3.63) is 46.2 Å². The summed E-state index contributed by atoms with van der Waals surface area (Å²) in [5.41, 5.74) is 2.11. The first-order valence-corrected chi connectivity index (χ1v) is 9.10. The van der Waals surface area contributed by atoms with Crippen molar-refractivity contribution in [3.8, 4) is 5.75 Å². The van der Waals surface area contributed by atoms with Crippen molar-refractivity contribution in [3.63, 3.8) is 0 Å². The van der Waals surface area contributed by atoms with E-state index in [1.807, 2.05) is 23.7 Å². The van der Waals surface area contributed by atoms with Crippen molar-refractivity contribution in [2.45, 2.75) is 20.0 Å². The van der Waals surface area contributed by atoms with Gasteiger partial charge in [0.15, 0.2) is 0 Å². The summed E-state index contributed by atoms with van der Waals surface area (Å²) in [5, 5.41) is 2.05. The largest absolute Gasteiger partial charge is 0.541 e. The minimum atomic E-state index is -0.764. The van der Waals surface area contributed by atoms with E-state index in [2.05, 4.69) is 43.2 Å². The molecular formula is C14H16NOSSi. The van der Waals surface area contributed by atoms with Crippen LogP contribution >= 0.6 is 11.3 Å². The number of thiophene rings is 1. The molecule has 0 aliphatic rings. The van der Waals surface area contributed by atoms with Gasteiger partial charge in [-0.25, -0.2) is 0 Å². The van der Waals surface area contributed by atoms with Crippen LogP contribution in [-0.4, -0.2) is 15.3 Å². The fraction of sp³-hybridized carbons (Fsp3) is 0.214. The summed E-state index contributed by atoms with van der Waals surface area (Å²) in [7, 11) is -0.764. The van der Waals surface area contributed by atoms with E-state index in [9.17, 15) is 0 Å². The van der Waals surface area contributed by atoms with Gasteiger partial charge in [0.1, 0.15) is 11.4 Å². The maximum absolute atomic E-state index is 5.86. The second-order valence-corrected chi connectivity index (χ2v) is 7.26. The van der Waals surface area contributed by atoms with Crippen LogP contribution in [0.15, 0.2) is 40.7 Å². The highest BCUT2D eigenvalue weighted by Crippen LogP contribution is 2.29. The van der Waals surface area contributed by atoms with Crippen LogP contribution in [0.5, 0.6) is 5.75 Å². The van der Waals surface area contributed by atoms with Gasteiger partial charge in [-0.15, -0.1) is 11.3 Å². The zero-order valence-electron chi connectivity index (χ0n) is 10.8. The van der Waals surface area contributed by atoms with E-state index in [0.717, 1.165) is 16.3 Å². The molecule has 0 saturated carbocycles. The van der Waals surface area contributed by atoms with Crippen LogP contribution in [-0.2, 0) is 0 Å². The summed E-state index contributed by atoms with van der Waals surface area (Å²) < 4.78 is 5.86. The second kappa shape index (κ2) is 5.98. The summed E-state index contributed by atoms with van der Waals surface area (Å²) in [5.74, 6) is 0.882. The van der Waals surface area contributed by atoms with Gasteiger partial charge in [-0.2, -0.15) is 0 Å². The molecule has 0 aliphatic heterocycles. The maximum Gasteiger partial charge on any atom is 0.274 e. The highest BCUT2D eigenvalue weighted by atomic mass is 32.1. The SMILES string of the molecule is Cc1ccc(O[Si](C)C)c(N=Cc2cccs2)c1. The van der Waals surface area contributed by atoms with Crippen LogP contribution in [0.3, 0.4) is 0 Å². The van der Waals surface area contributed by atoms with Crippen LogP contribution in [0, 0.1) is 6.92 Å². The molecular weight excluding hydrogens is 258 g/mol. The van der Waals surface area contributed by atoms with Crippen molar-refractivity contribution < 1.29 is 4.43 Å². The third kappa shape index (κ3) is 3.55. The predicted molar refractivity (Wildman–Crippen MR) is 80.9 cm³/mol. The van der Waals surface area contributed by atoms with Crippen molar-refractivity contribution in [1.82, 2.24) is 0 Å². The molecule has 0 atom stereocenters. The summed E-state index contributed by atoms with van der Waals surface area (Å²) in [6.07, 6.45) is 1.89. The van der Waals surface area contributed by atoms with Gasteiger partial charge in [0, 0.05) is 11.1 Å². The molecule has 0 aliphatic carbocycles. The Kier molecular flexibility index (Phi) is 4.33. The molecule has 1 aromatic heterocycles. The molecule has 2 nitrogen and oxygen atoms in total. The van der Waals surface area contributed by atoms with Gasteiger partial charge in [0.2, 0.25) is 0 Å². The van der Waals surface area contributed by atoms with Gasteiger partial charge in [0.05, 0.1) is 0 Å². The van der Waals surface area contributed by atoms with Gasteiger partial charge in [-0.05, 0) is 49.2 Å². The summed E-state index contributed by atoms with van der Waals surface area (Å²) >= 11 is 1.68.